The summed E-state index contributed by atoms with van der Waals surface area (Å²) in [6.07, 6.45) is -2.65. The Bertz CT molecular complexity index is 879. The lowest BCUT2D eigenvalue weighted by Crippen LogP contribution is -2.25. The monoisotopic (exact) mass is 436 g/mol. The number of benzene rings is 2. The fourth-order valence-corrected chi connectivity index (χ4v) is 3.03. The quantitative estimate of drug-likeness (QED) is 0.438. The topological polar surface area (TPSA) is 55.6 Å². The van der Waals surface area contributed by atoms with Gasteiger partial charge in [0.2, 0.25) is 5.76 Å². The molecule has 0 N–H and O–H groups in total. The molecule has 0 bridgehead atoms. The molecule has 8 heteroatoms. The van der Waals surface area contributed by atoms with Crippen molar-refractivity contribution in [2.75, 3.05) is 13.7 Å². The van der Waals surface area contributed by atoms with Gasteiger partial charge in [0.15, 0.2) is 11.6 Å². The number of halogens is 3. The zero-order valence-electron chi connectivity index (χ0n) is 16.5. The number of aromatic nitrogens is 1. The number of hydrogen-bond donors (Lipinski definition) is 0. The molecule has 3 rings (SSSR count). The summed E-state index contributed by atoms with van der Waals surface area (Å²) in [5.41, 5.74) is 1.81. The van der Waals surface area contributed by atoms with Gasteiger partial charge in [0.25, 0.3) is 6.43 Å². The molecule has 3 aromatic rings. The van der Waals surface area contributed by atoms with Crippen LogP contribution in [0.2, 0.25) is 0 Å². The van der Waals surface area contributed by atoms with Gasteiger partial charge in [0.1, 0.15) is 0 Å². The standard InChI is InChI=1S/C22H22F2N2O3.ClH/c1-28-22(27)19-20(21(23)24)29-18(25-19)12-13-26(14-16-8-4-2-5-9-16)15-17-10-6-3-7-11-17;/h2-11,21H,12-15H2,1H3;1H. The molecule has 1 aromatic heterocycles. The molecule has 2 aromatic carbocycles. The van der Waals surface area contributed by atoms with Gasteiger partial charge in [0.05, 0.1) is 7.11 Å². The second kappa shape index (κ2) is 11.4. The molecule has 0 fully saturated rings. The van der Waals surface area contributed by atoms with E-state index in [-0.39, 0.29) is 24.7 Å². The van der Waals surface area contributed by atoms with Crippen molar-refractivity contribution in [3.05, 3.63) is 89.1 Å². The Morgan fingerprint density at radius 2 is 1.57 bits per heavy atom. The number of ether oxygens (including phenoxy) is 1. The van der Waals surface area contributed by atoms with Gasteiger partial charge in [-0.25, -0.2) is 18.6 Å². The minimum atomic E-state index is -2.94. The molecule has 30 heavy (non-hydrogen) atoms. The summed E-state index contributed by atoms with van der Waals surface area (Å²) < 4.78 is 36.0. The molecule has 0 atom stereocenters. The van der Waals surface area contributed by atoms with Gasteiger partial charge in [0, 0.05) is 26.1 Å². The molecule has 0 saturated heterocycles. The summed E-state index contributed by atoms with van der Waals surface area (Å²) in [5, 5.41) is 0. The van der Waals surface area contributed by atoms with Crippen LogP contribution in [0.3, 0.4) is 0 Å². The van der Waals surface area contributed by atoms with Gasteiger partial charge in [-0.2, -0.15) is 0 Å². The number of nitrogens with zero attached hydrogens (tertiary/aromatic N) is 2. The first-order valence-corrected chi connectivity index (χ1v) is 9.23. The lowest BCUT2D eigenvalue weighted by molar-refractivity contribution is 0.0574. The first kappa shape index (κ1) is 23.5. The van der Waals surface area contributed by atoms with Crippen molar-refractivity contribution in [3.8, 4) is 0 Å². The van der Waals surface area contributed by atoms with Crippen molar-refractivity contribution in [1.29, 1.82) is 0 Å². The molecule has 0 aliphatic rings. The van der Waals surface area contributed by atoms with Gasteiger partial charge in [-0.05, 0) is 11.1 Å². The average molecular weight is 437 g/mol. The van der Waals surface area contributed by atoms with Crippen LogP contribution in [0.25, 0.3) is 0 Å². The van der Waals surface area contributed by atoms with E-state index in [4.69, 9.17) is 4.42 Å². The maximum Gasteiger partial charge on any atom is 0.360 e. The Labute approximate surface area is 180 Å². The van der Waals surface area contributed by atoms with E-state index in [1.165, 1.54) is 0 Å². The molecule has 0 spiro atoms. The second-order valence-electron chi connectivity index (χ2n) is 6.54. The Morgan fingerprint density at radius 1 is 1.03 bits per heavy atom. The van der Waals surface area contributed by atoms with Gasteiger partial charge in [-0.3, -0.25) is 4.90 Å². The van der Waals surface area contributed by atoms with Crippen LogP contribution < -0.4 is 0 Å². The lowest BCUT2D eigenvalue weighted by Gasteiger charge is -2.22. The number of alkyl halides is 2. The van der Waals surface area contributed by atoms with Crippen LogP contribution >= 0.6 is 12.4 Å². The highest BCUT2D eigenvalue weighted by molar-refractivity contribution is 5.88. The van der Waals surface area contributed by atoms with Crippen LogP contribution in [0.1, 0.15) is 39.7 Å². The molecular weight excluding hydrogens is 414 g/mol. The van der Waals surface area contributed by atoms with Crippen molar-refractivity contribution < 1.29 is 22.7 Å². The number of carbonyl (C=O) groups excluding carboxylic acids is 1. The van der Waals surface area contributed by atoms with Gasteiger partial charge >= 0.3 is 5.97 Å². The largest absolute Gasteiger partial charge is 0.464 e. The lowest BCUT2D eigenvalue weighted by atomic mass is 10.1. The molecule has 0 amide bonds. The maximum atomic E-state index is 13.2. The van der Waals surface area contributed by atoms with E-state index in [0.29, 0.717) is 19.6 Å². The summed E-state index contributed by atoms with van der Waals surface area (Å²) in [6, 6.07) is 19.9. The number of carbonyl (C=O) groups is 1. The van der Waals surface area contributed by atoms with Crippen LogP contribution in [-0.2, 0) is 24.2 Å². The molecule has 0 saturated carbocycles. The fraction of sp³-hybridized carbons (Fsp3) is 0.273. The zero-order chi connectivity index (χ0) is 20.6. The van der Waals surface area contributed by atoms with Crippen molar-refractivity contribution >= 4 is 18.4 Å². The molecule has 0 aliphatic heterocycles. The van der Waals surface area contributed by atoms with Crippen LogP contribution in [0.5, 0.6) is 0 Å². The van der Waals surface area contributed by atoms with Crippen molar-refractivity contribution in [1.82, 2.24) is 9.88 Å². The molecule has 160 valence electrons. The Morgan fingerprint density at radius 3 is 2.03 bits per heavy atom. The highest BCUT2D eigenvalue weighted by Crippen LogP contribution is 2.25. The predicted molar refractivity (Wildman–Crippen MR) is 111 cm³/mol. The van der Waals surface area contributed by atoms with E-state index in [1.54, 1.807) is 0 Å². The van der Waals surface area contributed by atoms with E-state index in [0.717, 1.165) is 18.2 Å². The number of rotatable bonds is 9. The SMILES string of the molecule is COC(=O)c1nc(CCN(Cc2ccccc2)Cc2ccccc2)oc1C(F)F.Cl. The zero-order valence-corrected chi connectivity index (χ0v) is 17.3. The summed E-state index contributed by atoms with van der Waals surface area (Å²) in [6.45, 7) is 1.89. The Balaban J connectivity index is 0.00000320. The predicted octanol–water partition coefficient (Wildman–Crippen LogP) is 5.07. The molecule has 0 radical (unpaired) electrons. The highest BCUT2D eigenvalue weighted by Gasteiger charge is 2.27. The van der Waals surface area contributed by atoms with Crippen molar-refractivity contribution in [2.24, 2.45) is 0 Å². The summed E-state index contributed by atoms with van der Waals surface area (Å²) in [5.74, 6) is -1.59. The third kappa shape index (κ3) is 6.37. The Hall–Kier alpha value is -2.77. The highest BCUT2D eigenvalue weighted by atomic mass is 35.5. The molecular formula is C22H23ClF2N2O3. The Kier molecular flexibility index (Phi) is 8.95. The fourth-order valence-electron chi connectivity index (χ4n) is 3.03. The summed E-state index contributed by atoms with van der Waals surface area (Å²) >= 11 is 0. The van der Waals surface area contributed by atoms with Crippen LogP contribution in [0.4, 0.5) is 8.78 Å². The molecule has 0 unspecified atom stereocenters. The van der Waals surface area contributed by atoms with Crippen LogP contribution in [0.15, 0.2) is 65.1 Å². The van der Waals surface area contributed by atoms with E-state index in [2.05, 4.69) is 14.6 Å². The summed E-state index contributed by atoms with van der Waals surface area (Å²) in [7, 11) is 1.12. The normalized spacial score (nSPS) is 10.8. The first-order valence-electron chi connectivity index (χ1n) is 9.23. The molecule has 5 nitrogen and oxygen atoms in total. The number of methoxy groups -OCH3 is 1. The van der Waals surface area contributed by atoms with Crippen LogP contribution in [-0.4, -0.2) is 29.5 Å². The number of esters is 1. The third-order valence-electron chi connectivity index (χ3n) is 4.41. The van der Waals surface area contributed by atoms with E-state index < -0.39 is 23.8 Å². The minimum Gasteiger partial charge on any atom is -0.464 e. The van der Waals surface area contributed by atoms with Gasteiger partial charge < -0.3 is 9.15 Å². The first-order chi connectivity index (χ1) is 14.1. The van der Waals surface area contributed by atoms with Gasteiger partial charge in [-0.15, -0.1) is 12.4 Å². The van der Waals surface area contributed by atoms with Crippen LogP contribution in [0, 0.1) is 0 Å². The van der Waals surface area contributed by atoms with E-state index in [1.807, 2.05) is 60.7 Å². The van der Waals surface area contributed by atoms with E-state index in [9.17, 15) is 13.6 Å². The third-order valence-corrected chi connectivity index (χ3v) is 4.41. The summed E-state index contributed by atoms with van der Waals surface area (Å²) in [4.78, 5) is 17.8. The molecule has 0 aliphatic carbocycles. The van der Waals surface area contributed by atoms with E-state index >= 15 is 0 Å². The molecule has 1 heterocycles. The van der Waals surface area contributed by atoms with Crippen molar-refractivity contribution in [2.45, 2.75) is 25.9 Å². The number of oxazole rings is 1. The maximum absolute atomic E-state index is 13.2. The van der Waals surface area contributed by atoms with Gasteiger partial charge in [-0.1, -0.05) is 60.7 Å². The number of hydrogen-bond acceptors (Lipinski definition) is 5. The average Bonchev–Trinajstić information content (AvgIpc) is 3.18. The minimum absolute atomic E-state index is 0. The second-order valence-corrected chi connectivity index (χ2v) is 6.54. The van der Waals surface area contributed by atoms with Crippen molar-refractivity contribution in [3.63, 3.8) is 0 Å². The smallest absolute Gasteiger partial charge is 0.360 e.